The van der Waals surface area contributed by atoms with E-state index in [1.54, 1.807) is 0 Å². The fourth-order valence-electron chi connectivity index (χ4n) is 1.84. The second kappa shape index (κ2) is 5.30. The highest BCUT2D eigenvalue weighted by molar-refractivity contribution is 5.37. The Bertz CT molecular complexity index is 318. The third-order valence-corrected chi connectivity index (χ3v) is 2.68. The van der Waals surface area contributed by atoms with Gasteiger partial charge in [0, 0.05) is 19.5 Å². The first-order valence-corrected chi connectivity index (χ1v) is 5.54. The monoisotopic (exact) mass is 223 g/mol. The third-order valence-electron chi connectivity index (χ3n) is 2.68. The van der Waals surface area contributed by atoms with Crippen molar-refractivity contribution in [3.8, 4) is 5.75 Å². The van der Waals surface area contributed by atoms with Crippen molar-refractivity contribution in [2.75, 3.05) is 19.7 Å². The van der Waals surface area contributed by atoms with Crippen molar-refractivity contribution >= 4 is 0 Å². The van der Waals surface area contributed by atoms with Crippen LogP contribution in [0.5, 0.6) is 5.75 Å². The Kier molecular flexibility index (Phi) is 3.77. The van der Waals surface area contributed by atoms with Gasteiger partial charge in [0.2, 0.25) is 0 Å². The molecule has 0 aliphatic carbocycles. The van der Waals surface area contributed by atoms with Crippen LogP contribution in [0.2, 0.25) is 0 Å². The van der Waals surface area contributed by atoms with Crippen molar-refractivity contribution in [2.24, 2.45) is 0 Å². The molecule has 16 heavy (non-hydrogen) atoms. The van der Waals surface area contributed by atoms with Crippen LogP contribution in [0.1, 0.15) is 5.56 Å². The van der Waals surface area contributed by atoms with E-state index in [0.29, 0.717) is 13.1 Å². The number of aliphatic hydroxyl groups excluding tert-OH is 2. The molecule has 2 unspecified atom stereocenters. The summed E-state index contributed by atoms with van der Waals surface area (Å²) in [7, 11) is 0. The number of para-hydroxylation sites is 1. The number of aliphatic hydroxyl groups is 2. The Morgan fingerprint density at radius 1 is 1.44 bits per heavy atom. The topological polar surface area (TPSA) is 61.7 Å². The fraction of sp³-hybridized carbons (Fsp3) is 0.500. The van der Waals surface area contributed by atoms with Crippen LogP contribution in [-0.2, 0) is 6.42 Å². The van der Waals surface area contributed by atoms with Crippen molar-refractivity contribution in [3.63, 3.8) is 0 Å². The molecule has 0 spiro atoms. The summed E-state index contributed by atoms with van der Waals surface area (Å²) in [4.78, 5) is 0. The molecule has 0 saturated carbocycles. The SMILES string of the molecule is OCC(O)CNCC1Cc2ccccc2O1. The Hall–Kier alpha value is -1.10. The van der Waals surface area contributed by atoms with Crippen molar-refractivity contribution in [3.05, 3.63) is 29.8 Å². The molecule has 1 aliphatic heterocycles. The van der Waals surface area contributed by atoms with E-state index < -0.39 is 6.10 Å². The number of hydrogen-bond donors (Lipinski definition) is 3. The average molecular weight is 223 g/mol. The lowest BCUT2D eigenvalue weighted by Gasteiger charge is -2.13. The van der Waals surface area contributed by atoms with Gasteiger partial charge < -0.3 is 20.3 Å². The highest BCUT2D eigenvalue weighted by Gasteiger charge is 2.21. The molecule has 1 aliphatic rings. The lowest BCUT2D eigenvalue weighted by molar-refractivity contribution is 0.0916. The first kappa shape index (κ1) is 11.4. The van der Waals surface area contributed by atoms with Crippen LogP contribution in [0.15, 0.2) is 24.3 Å². The number of rotatable bonds is 5. The van der Waals surface area contributed by atoms with Gasteiger partial charge in [0.15, 0.2) is 0 Å². The summed E-state index contributed by atoms with van der Waals surface area (Å²) in [5.74, 6) is 0.956. The highest BCUT2D eigenvalue weighted by atomic mass is 16.5. The van der Waals surface area contributed by atoms with Crippen molar-refractivity contribution in [1.82, 2.24) is 5.32 Å². The molecule has 4 heteroatoms. The maximum absolute atomic E-state index is 9.15. The molecule has 0 amide bonds. The van der Waals surface area contributed by atoms with Crippen LogP contribution in [0.25, 0.3) is 0 Å². The molecule has 1 heterocycles. The van der Waals surface area contributed by atoms with E-state index in [4.69, 9.17) is 14.9 Å². The van der Waals surface area contributed by atoms with E-state index in [2.05, 4.69) is 11.4 Å². The van der Waals surface area contributed by atoms with Gasteiger partial charge in [-0.15, -0.1) is 0 Å². The lowest BCUT2D eigenvalue weighted by atomic mass is 10.1. The average Bonchev–Trinajstić information content (AvgIpc) is 2.71. The minimum absolute atomic E-state index is 0.128. The second-order valence-electron chi connectivity index (χ2n) is 4.05. The van der Waals surface area contributed by atoms with Gasteiger partial charge in [-0.2, -0.15) is 0 Å². The van der Waals surface area contributed by atoms with Crippen LogP contribution >= 0.6 is 0 Å². The Labute approximate surface area is 94.9 Å². The summed E-state index contributed by atoms with van der Waals surface area (Å²) in [5.41, 5.74) is 1.23. The number of nitrogens with one attached hydrogen (secondary N) is 1. The third kappa shape index (κ3) is 2.72. The summed E-state index contributed by atoms with van der Waals surface area (Å²) in [6.07, 6.45) is 0.338. The molecule has 88 valence electrons. The Morgan fingerprint density at radius 2 is 2.25 bits per heavy atom. The smallest absolute Gasteiger partial charge is 0.123 e. The fourth-order valence-corrected chi connectivity index (χ4v) is 1.84. The van der Waals surface area contributed by atoms with Crippen LogP contribution in [-0.4, -0.2) is 42.1 Å². The summed E-state index contributed by atoms with van der Waals surface area (Å²) in [6.45, 7) is 0.872. The molecule has 1 aromatic carbocycles. The normalized spacial score (nSPS) is 20.2. The van der Waals surface area contributed by atoms with Crippen molar-refractivity contribution < 1.29 is 14.9 Å². The highest BCUT2D eigenvalue weighted by Crippen LogP contribution is 2.27. The first-order valence-electron chi connectivity index (χ1n) is 5.54. The number of hydrogen-bond acceptors (Lipinski definition) is 4. The van der Waals surface area contributed by atoms with Gasteiger partial charge in [0.1, 0.15) is 11.9 Å². The summed E-state index contributed by atoms with van der Waals surface area (Å²) >= 11 is 0. The molecule has 1 aromatic rings. The standard InChI is InChI=1S/C12H17NO3/c14-8-10(15)6-13-7-11-5-9-3-1-2-4-12(9)16-11/h1-4,10-11,13-15H,5-8H2. The van der Waals surface area contributed by atoms with E-state index in [0.717, 1.165) is 12.2 Å². The minimum Gasteiger partial charge on any atom is -0.488 e. The molecule has 0 radical (unpaired) electrons. The minimum atomic E-state index is -0.691. The molecule has 0 fully saturated rings. The maximum atomic E-state index is 9.15. The molecule has 3 N–H and O–H groups in total. The van der Waals surface area contributed by atoms with E-state index in [9.17, 15) is 0 Å². The van der Waals surface area contributed by atoms with Gasteiger partial charge in [-0.05, 0) is 11.6 Å². The summed E-state index contributed by atoms with van der Waals surface area (Å²) < 4.78 is 5.72. The van der Waals surface area contributed by atoms with Gasteiger partial charge in [-0.3, -0.25) is 0 Å². The van der Waals surface area contributed by atoms with Gasteiger partial charge >= 0.3 is 0 Å². The Morgan fingerprint density at radius 3 is 3.00 bits per heavy atom. The number of ether oxygens (including phenoxy) is 1. The van der Waals surface area contributed by atoms with Gasteiger partial charge in [0.05, 0.1) is 12.7 Å². The number of benzene rings is 1. The summed E-state index contributed by atoms with van der Waals surface area (Å²) in [6, 6.07) is 8.01. The molecular weight excluding hydrogens is 206 g/mol. The van der Waals surface area contributed by atoms with Crippen LogP contribution in [0, 0.1) is 0 Å². The lowest BCUT2D eigenvalue weighted by Crippen LogP contribution is -2.36. The maximum Gasteiger partial charge on any atom is 0.123 e. The van der Waals surface area contributed by atoms with E-state index >= 15 is 0 Å². The van der Waals surface area contributed by atoms with E-state index in [-0.39, 0.29) is 12.7 Å². The molecule has 0 aromatic heterocycles. The van der Waals surface area contributed by atoms with E-state index in [1.165, 1.54) is 5.56 Å². The molecular formula is C12H17NO3. The van der Waals surface area contributed by atoms with Crippen LogP contribution in [0.3, 0.4) is 0 Å². The second-order valence-corrected chi connectivity index (χ2v) is 4.05. The van der Waals surface area contributed by atoms with Gasteiger partial charge in [-0.25, -0.2) is 0 Å². The van der Waals surface area contributed by atoms with Gasteiger partial charge in [0.25, 0.3) is 0 Å². The van der Waals surface area contributed by atoms with E-state index in [1.807, 2.05) is 18.2 Å². The Balaban J connectivity index is 1.75. The zero-order valence-corrected chi connectivity index (χ0v) is 9.10. The zero-order chi connectivity index (χ0) is 11.4. The van der Waals surface area contributed by atoms with Crippen LogP contribution < -0.4 is 10.1 Å². The van der Waals surface area contributed by atoms with Crippen molar-refractivity contribution in [1.29, 1.82) is 0 Å². The zero-order valence-electron chi connectivity index (χ0n) is 9.10. The molecule has 4 nitrogen and oxygen atoms in total. The molecule has 0 bridgehead atoms. The quantitative estimate of drug-likeness (QED) is 0.654. The first-order chi connectivity index (χ1) is 7.79. The number of fused-ring (bicyclic) bond motifs is 1. The van der Waals surface area contributed by atoms with Crippen LogP contribution in [0.4, 0.5) is 0 Å². The van der Waals surface area contributed by atoms with Gasteiger partial charge in [-0.1, -0.05) is 18.2 Å². The molecule has 0 saturated heterocycles. The largest absolute Gasteiger partial charge is 0.488 e. The molecule has 2 atom stereocenters. The predicted molar refractivity (Wildman–Crippen MR) is 60.5 cm³/mol. The van der Waals surface area contributed by atoms with Crippen molar-refractivity contribution in [2.45, 2.75) is 18.6 Å². The summed E-state index contributed by atoms with van der Waals surface area (Å²) in [5, 5.41) is 20.9. The molecule has 2 rings (SSSR count). The predicted octanol–water partition coefficient (Wildman–Crippen LogP) is -0.0671.